The van der Waals surface area contributed by atoms with Crippen molar-refractivity contribution in [1.82, 2.24) is 0 Å². The molecule has 0 fully saturated rings. The van der Waals surface area contributed by atoms with Crippen LogP contribution in [0.3, 0.4) is 0 Å². The summed E-state index contributed by atoms with van der Waals surface area (Å²) in [4.78, 5) is 12.2. The van der Waals surface area contributed by atoms with E-state index in [1.807, 2.05) is 0 Å². The van der Waals surface area contributed by atoms with E-state index in [4.69, 9.17) is 13.9 Å². The van der Waals surface area contributed by atoms with Gasteiger partial charge in [0.25, 0.3) is 0 Å². The molecule has 4 nitrogen and oxygen atoms in total. The van der Waals surface area contributed by atoms with E-state index in [9.17, 15) is 9.18 Å². The van der Waals surface area contributed by atoms with Gasteiger partial charge in [-0.1, -0.05) is 12.7 Å². The molecule has 122 valence electrons. The summed E-state index contributed by atoms with van der Waals surface area (Å²) in [6, 6.07) is 11.0. The normalized spacial score (nSPS) is 10.6. The minimum absolute atomic E-state index is 0.0921. The van der Waals surface area contributed by atoms with Gasteiger partial charge in [-0.05, 0) is 24.3 Å². The Hall–Kier alpha value is -3.08. The van der Waals surface area contributed by atoms with E-state index >= 15 is 0 Å². The van der Waals surface area contributed by atoms with Gasteiger partial charge in [0, 0.05) is 23.8 Å². The minimum Gasteiger partial charge on any atom is -0.497 e. The lowest BCUT2D eigenvalue weighted by atomic mass is 10.1. The number of benzene rings is 2. The van der Waals surface area contributed by atoms with Crippen molar-refractivity contribution in [2.75, 3.05) is 13.7 Å². The lowest BCUT2D eigenvalue weighted by Gasteiger charge is -2.07. The van der Waals surface area contributed by atoms with Crippen molar-refractivity contribution in [3.8, 4) is 22.8 Å². The Kier molecular flexibility index (Phi) is 4.33. The first-order chi connectivity index (χ1) is 11.6. The number of ether oxygens (including phenoxy) is 2. The number of methoxy groups -OCH3 is 1. The summed E-state index contributed by atoms with van der Waals surface area (Å²) < 4.78 is 30.2. The quantitative estimate of drug-likeness (QED) is 0.660. The predicted molar refractivity (Wildman–Crippen MR) is 90.1 cm³/mol. The second kappa shape index (κ2) is 6.58. The van der Waals surface area contributed by atoms with Crippen molar-refractivity contribution in [1.29, 1.82) is 0 Å². The van der Waals surface area contributed by atoms with E-state index in [-0.39, 0.29) is 16.7 Å². The highest BCUT2D eigenvalue weighted by atomic mass is 19.1. The zero-order chi connectivity index (χ0) is 17.1. The van der Waals surface area contributed by atoms with E-state index in [2.05, 4.69) is 6.58 Å². The van der Waals surface area contributed by atoms with E-state index < -0.39 is 11.2 Å². The summed E-state index contributed by atoms with van der Waals surface area (Å²) in [6.07, 6.45) is 1.65. The van der Waals surface area contributed by atoms with Crippen molar-refractivity contribution >= 4 is 11.0 Å². The molecule has 0 saturated carbocycles. The second-order valence-corrected chi connectivity index (χ2v) is 5.08. The number of fused-ring (bicyclic) bond motifs is 1. The maximum Gasteiger partial charge on any atom is 0.196 e. The Balaban J connectivity index is 2.06. The molecular weight excluding hydrogens is 311 g/mol. The highest BCUT2D eigenvalue weighted by Crippen LogP contribution is 2.27. The van der Waals surface area contributed by atoms with Crippen LogP contribution in [0.15, 0.2) is 64.3 Å². The van der Waals surface area contributed by atoms with Crippen LogP contribution in [0.5, 0.6) is 11.5 Å². The molecule has 0 unspecified atom stereocenters. The van der Waals surface area contributed by atoms with Crippen LogP contribution in [-0.2, 0) is 0 Å². The fraction of sp³-hybridized carbons (Fsp3) is 0.105. The first kappa shape index (κ1) is 15.8. The van der Waals surface area contributed by atoms with Crippen LogP contribution in [0.25, 0.3) is 22.3 Å². The summed E-state index contributed by atoms with van der Waals surface area (Å²) in [6.45, 7) is 3.99. The van der Waals surface area contributed by atoms with Crippen LogP contribution in [0.1, 0.15) is 0 Å². The molecule has 3 rings (SSSR count). The van der Waals surface area contributed by atoms with Crippen LogP contribution in [0.2, 0.25) is 0 Å². The summed E-state index contributed by atoms with van der Waals surface area (Å²) in [7, 11) is 1.42. The molecule has 0 aliphatic rings. The van der Waals surface area contributed by atoms with Crippen LogP contribution < -0.4 is 14.9 Å². The molecule has 24 heavy (non-hydrogen) atoms. The molecule has 1 heterocycles. The van der Waals surface area contributed by atoms with Gasteiger partial charge in [-0.2, -0.15) is 0 Å². The van der Waals surface area contributed by atoms with Crippen LogP contribution in [-0.4, -0.2) is 13.7 Å². The fourth-order valence-electron chi connectivity index (χ4n) is 2.35. The molecule has 0 atom stereocenters. The molecule has 3 aromatic rings. The third kappa shape index (κ3) is 3.01. The Bertz CT molecular complexity index is 942. The van der Waals surface area contributed by atoms with Gasteiger partial charge >= 0.3 is 0 Å². The first-order valence-corrected chi connectivity index (χ1v) is 7.28. The SMILES string of the molecule is C=CCOc1ccc(-c2cc(=O)c3c(F)cc(OC)cc3o2)cc1. The molecule has 5 heteroatoms. The van der Waals surface area contributed by atoms with Gasteiger partial charge in [-0.3, -0.25) is 4.79 Å². The first-order valence-electron chi connectivity index (χ1n) is 7.28. The number of rotatable bonds is 5. The van der Waals surface area contributed by atoms with Crippen LogP contribution in [0.4, 0.5) is 4.39 Å². The molecule has 0 aliphatic carbocycles. The average molecular weight is 326 g/mol. The molecule has 1 aromatic heterocycles. The van der Waals surface area contributed by atoms with Crippen molar-refractivity contribution in [2.24, 2.45) is 0 Å². The Morgan fingerprint density at radius 3 is 2.58 bits per heavy atom. The lowest BCUT2D eigenvalue weighted by molar-refractivity contribution is 0.363. The molecule has 2 aromatic carbocycles. The van der Waals surface area contributed by atoms with Gasteiger partial charge in [0.05, 0.1) is 7.11 Å². The lowest BCUT2D eigenvalue weighted by Crippen LogP contribution is -2.03. The Labute approximate surface area is 137 Å². The van der Waals surface area contributed by atoms with Crippen LogP contribution in [0, 0.1) is 5.82 Å². The highest BCUT2D eigenvalue weighted by Gasteiger charge is 2.13. The third-order valence-electron chi connectivity index (χ3n) is 3.50. The fourth-order valence-corrected chi connectivity index (χ4v) is 2.35. The molecule has 0 amide bonds. The maximum atomic E-state index is 14.0. The summed E-state index contributed by atoms with van der Waals surface area (Å²) in [5, 5.41) is -0.0921. The number of hydrogen-bond donors (Lipinski definition) is 0. The van der Waals surface area contributed by atoms with Crippen molar-refractivity contribution in [3.05, 3.63) is 71.2 Å². The largest absolute Gasteiger partial charge is 0.497 e. The molecule has 0 bridgehead atoms. The van der Waals surface area contributed by atoms with Crippen LogP contribution >= 0.6 is 0 Å². The molecule has 0 N–H and O–H groups in total. The Morgan fingerprint density at radius 2 is 1.92 bits per heavy atom. The zero-order valence-corrected chi connectivity index (χ0v) is 13.0. The molecule has 0 aliphatic heterocycles. The minimum atomic E-state index is -0.669. The topological polar surface area (TPSA) is 48.7 Å². The van der Waals surface area contributed by atoms with Crippen molar-refractivity contribution < 1.29 is 18.3 Å². The Morgan fingerprint density at radius 1 is 1.17 bits per heavy atom. The van der Waals surface area contributed by atoms with Gasteiger partial charge in [0.15, 0.2) is 5.43 Å². The van der Waals surface area contributed by atoms with E-state index in [0.717, 1.165) is 6.07 Å². The zero-order valence-electron chi connectivity index (χ0n) is 13.0. The van der Waals surface area contributed by atoms with E-state index in [1.54, 1.807) is 30.3 Å². The number of hydrogen-bond acceptors (Lipinski definition) is 4. The van der Waals surface area contributed by atoms with Gasteiger partial charge in [0.2, 0.25) is 0 Å². The maximum absolute atomic E-state index is 14.0. The highest BCUT2D eigenvalue weighted by molar-refractivity contribution is 5.80. The molecule has 0 spiro atoms. The number of halogens is 1. The molecule has 0 saturated heterocycles. The summed E-state index contributed by atoms with van der Waals surface area (Å²) >= 11 is 0. The average Bonchev–Trinajstić information content (AvgIpc) is 2.59. The standard InChI is InChI=1S/C19H15FO4/c1-3-8-23-13-6-4-12(5-7-13)17-11-16(21)19-15(20)9-14(22-2)10-18(19)24-17/h3-7,9-11H,1,8H2,2H3. The smallest absolute Gasteiger partial charge is 0.196 e. The molecule has 0 radical (unpaired) electrons. The summed E-state index contributed by atoms with van der Waals surface area (Å²) in [5.41, 5.74) is 0.378. The van der Waals surface area contributed by atoms with Crippen molar-refractivity contribution in [3.63, 3.8) is 0 Å². The van der Waals surface area contributed by atoms with E-state index in [0.29, 0.717) is 23.7 Å². The van der Waals surface area contributed by atoms with Gasteiger partial charge in [0.1, 0.15) is 40.7 Å². The third-order valence-corrected chi connectivity index (χ3v) is 3.50. The summed E-state index contributed by atoms with van der Waals surface area (Å²) in [5.74, 6) is 0.635. The molecular formula is C19H15FO4. The van der Waals surface area contributed by atoms with E-state index in [1.165, 1.54) is 19.2 Å². The van der Waals surface area contributed by atoms with Crippen molar-refractivity contribution in [2.45, 2.75) is 0 Å². The van der Waals surface area contributed by atoms with Gasteiger partial charge in [-0.15, -0.1) is 0 Å². The second-order valence-electron chi connectivity index (χ2n) is 5.08. The monoisotopic (exact) mass is 326 g/mol. The predicted octanol–water partition coefficient (Wildman–Crippen LogP) is 4.17. The van der Waals surface area contributed by atoms with Gasteiger partial charge < -0.3 is 13.9 Å². The van der Waals surface area contributed by atoms with Gasteiger partial charge in [-0.25, -0.2) is 4.39 Å².